The summed E-state index contributed by atoms with van der Waals surface area (Å²) in [6.07, 6.45) is 5.62. The Morgan fingerprint density at radius 1 is 1.11 bits per heavy atom. The van der Waals surface area contributed by atoms with Crippen LogP contribution in [0, 0.1) is 12.8 Å². The molecule has 4 rings (SSSR count). The molecule has 1 fully saturated rings. The van der Waals surface area contributed by atoms with E-state index in [0.717, 1.165) is 61.1 Å². The zero-order chi connectivity index (χ0) is 18.8. The maximum absolute atomic E-state index is 12.7. The van der Waals surface area contributed by atoms with E-state index in [2.05, 4.69) is 41.2 Å². The number of benzene rings is 1. The minimum absolute atomic E-state index is 0.172. The summed E-state index contributed by atoms with van der Waals surface area (Å²) in [5.74, 6) is 1.16. The molecule has 2 aliphatic rings. The number of rotatable bonds is 3. The summed E-state index contributed by atoms with van der Waals surface area (Å²) in [6, 6.07) is 10.2. The van der Waals surface area contributed by atoms with Gasteiger partial charge in [0.05, 0.1) is 50.2 Å². The van der Waals surface area contributed by atoms with E-state index in [-0.39, 0.29) is 11.7 Å². The zero-order valence-electron chi connectivity index (χ0n) is 16.1. The van der Waals surface area contributed by atoms with E-state index < -0.39 is 0 Å². The lowest BCUT2D eigenvalue weighted by Crippen LogP contribution is -3.12. The highest BCUT2D eigenvalue weighted by Crippen LogP contribution is 2.29. The van der Waals surface area contributed by atoms with Crippen LogP contribution in [-0.4, -0.2) is 49.0 Å². The predicted molar refractivity (Wildman–Crippen MR) is 107 cm³/mol. The van der Waals surface area contributed by atoms with Gasteiger partial charge in [0.1, 0.15) is 0 Å². The van der Waals surface area contributed by atoms with Crippen molar-refractivity contribution in [1.29, 1.82) is 0 Å². The largest absolute Gasteiger partial charge is 0.334 e. The fourth-order valence-corrected chi connectivity index (χ4v) is 3.96. The van der Waals surface area contributed by atoms with Crippen molar-refractivity contribution in [3.8, 4) is 0 Å². The number of fused-ring (bicyclic) bond motifs is 1. The van der Waals surface area contributed by atoms with Crippen LogP contribution in [0.3, 0.4) is 0 Å². The molecule has 0 radical (unpaired) electrons. The minimum Gasteiger partial charge on any atom is -0.334 e. The molecule has 1 aromatic heterocycles. The Morgan fingerprint density at radius 2 is 1.85 bits per heavy atom. The molecule has 0 amide bonds. The quantitative estimate of drug-likeness (QED) is 0.900. The van der Waals surface area contributed by atoms with Gasteiger partial charge in [0.25, 0.3) is 0 Å². The number of hydrogen-bond donors (Lipinski definition) is 1. The van der Waals surface area contributed by atoms with Gasteiger partial charge in [0.2, 0.25) is 5.95 Å². The number of likely N-dealkylation sites (N-methyl/N-ethyl adjacent to an activating group) is 1. The van der Waals surface area contributed by atoms with Gasteiger partial charge in [-0.1, -0.05) is 42.5 Å². The molecule has 0 spiro atoms. The van der Waals surface area contributed by atoms with E-state index in [1.165, 1.54) is 0 Å². The van der Waals surface area contributed by atoms with Gasteiger partial charge >= 0.3 is 0 Å². The van der Waals surface area contributed by atoms with Gasteiger partial charge in [0, 0.05) is 6.42 Å². The van der Waals surface area contributed by atoms with Crippen molar-refractivity contribution in [2.45, 2.75) is 19.8 Å². The normalized spacial score (nSPS) is 20.9. The highest BCUT2D eigenvalue weighted by atomic mass is 16.1. The third-order valence-electron chi connectivity index (χ3n) is 5.60. The minimum atomic E-state index is 0.172. The molecule has 1 saturated heterocycles. The van der Waals surface area contributed by atoms with Crippen LogP contribution in [0.5, 0.6) is 0 Å². The summed E-state index contributed by atoms with van der Waals surface area (Å²) < 4.78 is 0. The van der Waals surface area contributed by atoms with Crippen LogP contribution in [-0.2, 0) is 6.42 Å². The molecule has 1 N–H and O–H groups in total. The number of ketones is 1. The molecule has 5 heteroatoms. The second-order valence-electron chi connectivity index (χ2n) is 7.74. The van der Waals surface area contributed by atoms with Crippen molar-refractivity contribution in [2.75, 3.05) is 38.1 Å². The third-order valence-corrected chi connectivity index (χ3v) is 5.60. The van der Waals surface area contributed by atoms with E-state index in [1.807, 2.05) is 25.1 Å². The van der Waals surface area contributed by atoms with E-state index >= 15 is 0 Å². The first-order valence-corrected chi connectivity index (χ1v) is 9.80. The lowest BCUT2D eigenvalue weighted by atomic mass is 9.85. The van der Waals surface area contributed by atoms with Gasteiger partial charge in [-0.3, -0.25) is 4.79 Å². The average molecular weight is 363 g/mol. The number of hydrogen-bond acceptors (Lipinski definition) is 4. The zero-order valence-corrected chi connectivity index (χ0v) is 16.1. The van der Waals surface area contributed by atoms with Gasteiger partial charge in [-0.05, 0) is 24.8 Å². The number of aryl methyl sites for hydroxylation is 1. The fourth-order valence-electron chi connectivity index (χ4n) is 3.96. The lowest BCUT2D eigenvalue weighted by molar-refractivity contribution is -0.880. The average Bonchev–Trinajstić information content (AvgIpc) is 2.67. The summed E-state index contributed by atoms with van der Waals surface area (Å²) in [6.45, 7) is 6.08. The standard InChI is InChI=1S/C22H26N4O/c1-16-21-19(24-22(23-16)26-12-10-25(2)11-13-26)14-18(15-20(21)27)9-8-17-6-4-3-5-7-17/h3-9,18H,10-15H2,1-2H3/p+1/b9-8+/t18-/m0/s1. The number of anilines is 1. The maximum atomic E-state index is 12.7. The molecule has 5 nitrogen and oxygen atoms in total. The number of allylic oxidation sites excluding steroid dienone is 1. The highest BCUT2D eigenvalue weighted by Gasteiger charge is 2.29. The van der Waals surface area contributed by atoms with Gasteiger partial charge in [-0.2, -0.15) is 0 Å². The van der Waals surface area contributed by atoms with Crippen LogP contribution in [0.2, 0.25) is 0 Å². The summed E-state index contributed by atoms with van der Waals surface area (Å²) >= 11 is 0. The van der Waals surface area contributed by atoms with Crippen molar-refractivity contribution >= 4 is 17.8 Å². The van der Waals surface area contributed by atoms with Crippen molar-refractivity contribution < 1.29 is 9.69 Å². The molecule has 0 bridgehead atoms. The highest BCUT2D eigenvalue weighted by molar-refractivity contribution is 5.99. The van der Waals surface area contributed by atoms with Crippen molar-refractivity contribution in [3.05, 3.63) is 58.9 Å². The van der Waals surface area contributed by atoms with Crippen molar-refractivity contribution in [3.63, 3.8) is 0 Å². The van der Waals surface area contributed by atoms with Crippen LogP contribution in [0.15, 0.2) is 36.4 Å². The van der Waals surface area contributed by atoms with E-state index in [4.69, 9.17) is 4.98 Å². The number of carbonyl (C=O) groups is 1. The van der Waals surface area contributed by atoms with Crippen LogP contribution in [0.1, 0.15) is 33.7 Å². The Morgan fingerprint density at radius 3 is 2.59 bits per heavy atom. The summed E-state index contributed by atoms with van der Waals surface area (Å²) in [5, 5.41) is 0. The van der Waals surface area contributed by atoms with Gasteiger partial charge in [0.15, 0.2) is 5.78 Å². The van der Waals surface area contributed by atoms with Crippen molar-refractivity contribution in [1.82, 2.24) is 9.97 Å². The number of Topliss-reactive ketones (excluding diaryl/α,β-unsaturated/α-hetero) is 1. The molecule has 0 saturated carbocycles. The molecule has 1 aliphatic carbocycles. The van der Waals surface area contributed by atoms with Crippen molar-refractivity contribution in [2.24, 2.45) is 5.92 Å². The lowest BCUT2D eigenvalue weighted by Gasteiger charge is -2.31. The monoisotopic (exact) mass is 363 g/mol. The molecule has 1 atom stereocenters. The summed E-state index contributed by atoms with van der Waals surface area (Å²) in [5.41, 5.74) is 3.66. The maximum Gasteiger partial charge on any atom is 0.226 e. The molecule has 1 aliphatic heterocycles. The predicted octanol–water partition coefficient (Wildman–Crippen LogP) is 1.58. The first-order valence-electron chi connectivity index (χ1n) is 9.80. The molecular formula is C22H27N4O+. The van der Waals surface area contributed by atoms with E-state index in [0.29, 0.717) is 6.42 Å². The van der Waals surface area contributed by atoms with Crippen LogP contribution < -0.4 is 9.80 Å². The van der Waals surface area contributed by atoms with E-state index in [9.17, 15) is 4.79 Å². The van der Waals surface area contributed by atoms with Crippen LogP contribution in [0.4, 0.5) is 5.95 Å². The number of carbonyl (C=O) groups excluding carboxylic acids is 1. The number of nitrogens with one attached hydrogen (secondary N) is 1. The number of aromatic nitrogens is 2. The number of quaternary nitrogens is 1. The SMILES string of the molecule is Cc1nc(N2CC[NH+](C)CC2)nc2c1C(=O)C[C@@H](/C=C/c1ccccc1)C2. The Labute approximate surface area is 160 Å². The smallest absolute Gasteiger partial charge is 0.226 e. The van der Waals surface area contributed by atoms with E-state index in [1.54, 1.807) is 4.90 Å². The molecule has 27 heavy (non-hydrogen) atoms. The van der Waals surface area contributed by atoms with Gasteiger partial charge < -0.3 is 9.80 Å². The second-order valence-corrected chi connectivity index (χ2v) is 7.74. The topological polar surface area (TPSA) is 50.5 Å². The Bertz CT molecular complexity index is 854. The van der Waals surface area contributed by atoms with Gasteiger partial charge in [-0.25, -0.2) is 9.97 Å². The number of piperazine rings is 1. The first-order chi connectivity index (χ1) is 13.1. The molecule has 2 aromatic rings. The molecule has 1 aromatic carbocycles. The fraction of sp³-hybridized carbons (Fsp3) is 0.409. The molecule has 2 heterocycles. The summed E-state index contributed by atoms with van der Waals surface area (Å²) in [7, 11) is 2.22. The summed E-state index contributed by atoms with van der Waals surface area (Å²) in [4.78, 5) is 26.0. The van der Waals surface area contributed by atoms with Crippen LogP contribution >= 0.6 is 0 Å². The Kier molecular flexibility index (Phi) is 5.03. The second kappa shape index (κ2) is 7.61. The Hall–Kier alpha value is -2.53. The Balaban J connectivity index is 1.57. The molecular weight excluding hydrogens is 336 g/mol. The molecule has 0 unspecified atom stereocenters. The third kappa shape index (κ3) is 3.93. The first kappa shape index (κ1) is 17.9. The van der Waals surface area contributed by atoms with Crippen LogP contribution in [0.25, 0.3) is 6.08 Å². The number of nitrogens with zero attached hydrogens (tertiary/aromatic N) is 3. The molecule has 140 valence electrons. The van der Waals surface area contributed by atoms with Gasteiger partial charge in [-0.15, -0.1) is 0 Å².